The van der Waals surface area contributed by atoms with Crippen LogP contribution in [0.15, 0.2) is 24.3 Å². The van der Waals surface area contributed by atoms with Crippen molar-refractivity contribution in [1.82, 2.24) is 9.97 Å². The van der Waals surface area contributed by atoms with Crippen LogP contribution in [0.4, 0.5) is 0 Å². The van der Waals surface area contributed by atoms with E-state index in [1.807, 2.05) is 24.3 Å². The fraction of sp³-hybridized carbons (Fsp3) is 0.364. The molecule has 1 aromatic carbocycles. The second-order valence-corrected chi connectivity index (χ2v) is 3.91. The molecule has 0 fully saturated rings. The lowest BCUT2D eigenvalue weighted by atomic mass is 10.1. The minimum atomic E-state index is -0.0117. The number of nitrogens with one attached hydrogen (secondary N) is 1. The number of halogens is 1. The van der Waals surface area contributed by atoms with Gasteiger partial charge in [0.2, 0.25) is 0 Å². The Balaban J connectivity index is 0.00000112. The van der Waals surface area contributed by atoms with Crippen LogP contribution < -0.4 is 5.73 Å². The molecule has 0 aliphatic heterocycles. The quantitative estimate of drug-likeness (QED) is 0.826. The summed E-state index contributed by atoms with van der Waals surface area (Å²) in [6.45, 7) is 4.19. The fourth-order valence-corrected chi connectivity index (χ4v) is 1.45. The van der Waals surface area contributed by atoms with E-state index in [1.165, 1.54) is 0 Å². The van der Waals surface area contributed by atoms with Gasteiger partial charge < -0.3 is 10.7 Å². The molecule has 0 aliphatic carbocycles. The molecule has 2 aromatic rings. The molecule has 1 heterocycles. The molecule has 1 unspecified atom stereocenters. The smallest absolute Gasteiger partial charge is 0.124 e. The Bertz CT molecular complexity index is 403. The summed E-state index contributed by atoms with van der Waals surface area (Å²) in [4.78, 5) is 7.69. The van der Waals surface area contributed by atoms with Gasteiger partial charge in [0.15, 0.2) is 0 Å². The van der Waals surface area contributed by atoms with Gasteiger partial charge in [0.05, 0.1) is 17.1 Å². The van der Waals surface area contributed by atoms with Crippen molar-refractivity contribution in [3.05, 3.63) is 30.1 Å². The predicted molar refractivity (Wildman–Crippen MR) is 65.1 cm³/mol. The molecule has 4 heteroatoms. The highest BCUT2D eigenvalue weighted by atomic mass is 35.5. The van der Waals surface area contributed by atoms with Gasteiger partial charge in [-0.15, -0.1) is 12.4 Å². The van der Waals surface area contributed by atoms with E-state index in [2.05, 4.69) is 23.8 Å². The average molecular weight is 226 g/mol. The molecule has 0 aliphatic rings. The molecule has 0 spiro atoms. The van der Waals surface area contributed by atoms with Crippen molar-refractivity contribution in [2.75, 3.05) is 0 Å². The van der Waals surface area contributed by atoms with E-state index in [1.54, 1.807) is 0 Å². The number of fused-ring (bicyclic) bond motifs is 1. The third-order valence-electron chi connectivity index (χ3n) is 2.44. The van der Waals surface area contributed by atoms with Gasteiger partial charge in [0.25, 0.3) is 0 Å². The highest BCUT2D eigenvalue weighted by Gasteiger charge is 2.14. The molecule has 0 amide bonds. The van der Waals surface area contributed by atoms with Crippen molar-refractivity contribution in [2.45, 2.75) is 19.9 Å². The largest absolute Gasteiger partial charge is 0.341 e. The van der Waals surface area contributed by atoms with Gasteiger partial charge in [0, 0.05) is 0 Å². The first kappa shape index (κ1) is 12.0. The molecule has 15 heavy (non-hydrogen) atoms. The van der Waals surface area contributed by atoms with Gasteiger partial charge in [0.1, 0.15) is 5.82 Å². The lowest BCUT2D eigenvalue weighted by molar-refractivity contribution is 0.495. The first-order valence-electron chi connectivity index (χ1n) is 4.88. The molecule has 3 nitrogen and oxygen atoms in total. The molecule has 1 atom stereocenters. The second-order valence-electron chi connectivity index (χ2n) is 3.91. The van der Waals surface area contributed by atoms with Crippen LogP contribution in [0, 0.1) is 5.92 Å². The highest BCUT2D eigenvalue weighted by Crippen LogP contribution is 2.19. The van der Waals surface area contributed by atoms with Crippen LogP contribution >= 0.6 is 12.4 Å². The number of aromatic amines is 1. The van der Waals surface area contributed by atoms with Crippen molar-refractivity contribution in [2.24, 2.45) is 11.7 Å². The Morgan fingerprint density at radius 2 is 1.93 bits per heavy atom. The minimum Gasteiger partial charge on any atom is -0.341 e. The third kappa shape index (κ3) is 2.30. The second kappa shape index (κ2) is 4.64. The number of nitrogens with zero attached hydrogens (tertiary/aromatic N) is 1. The van der Waals surface area contributed by atoms with E-state index in [-0.39, 0.29) is 18.4 Å². The number of aromatic nitrogens is 2. The zero-order chi connectivity index (χ0) is 10.1. The maximum absolute atomic E-state index is 6.01. The van der Waals surface area contributed by atoms with Crippen LogP contribution in [0.25, 0.3) is 11.0 Å². The molecular weight excluding hydrogens is 210 g/mol. The average Bonchev–Trinajstić information content (AvgIpc) is 2.59. The van der Waals surface area contributed by atoms with Gasteiger partial charge in [-0.2, -0.15) is 0 Å². The van der Waals surface area contributed by atoms with E-state index >= 15 is 0 Å². The Morgan fingerprint density at radius 3 is 2.53 bits per heavy atom. The molecule has 0 bridgehead atoms. The van der Waals surface area contributed by atoms with Crippen LogP contribution in [0.5, 0.6) is 0 Å². The first-order chi connectivity index (χ1) is 6.68. The zero-order valence-corrected chi connectivity index (χ0v) is 9.71. The first-order valence-corrected chi connectivity index (χ1v) is 4.88. The van der Waals surface area contributed by atoms with Gasteiger partial charge in [-0.05, 0) is 18.1 Å². The zero-order valence-electron chi connectivity index (χ0n) is 8.90. The number of benzene rings is 1. The molecule has 0 radical (unpaired) electrons. The van der Waals surface area contributed by atoms with Gasteiger partial charge in [-0.25, -0.2) is 4.98 Å². The third-order valence-corrected chi connectivity index (χ3v) is 2.44. The predicted octanol–water partition coefficient (Wildman–Crippen LogP) is 2.64. The van der Waals surface area contributed by atoms with E-state index in [0.717, 1.165) is 16.9 Å². The van der Waals surface area contributed by atoms with E-state index < -0.39 is 0 Å². The van der Waals surface area contributed by atoms with Gasteiger partial charge >= 0.3 is 0 Å². The topological polar surface area (TPSA) is 54.7 Å². The minimum absolute atomic E-state index is 0. The standard InChI is InChI=1S/C11H15N3.ClH/c1-7(2)10(12)11-13-8-5-3-4-6-9(8)14-11;/h3-7,10H,12H2,1-2H3,(H,13,14);1H. The normalized spacial score (nSPS) is 12.8. The SMILES string of the molecule is CC(C)C(N)c1nc2ccccc2[nH]1.Cl. The summed E-state index contributed by atoms with van der Waals surface area (Å²) in [6, 6.07) is 7.96. The number of H-pyrrole nitrogens is 1. The number of hydrogen-bond donors (Lipinski definition) is 2. The molecule has 82 valence electrons. The lowest BCUT2D eigenvalue weighted by Crippen LogP contribution is -2.17. The Kier molecular flexibility index (Phi) is 3.72. The molecule has 2 rings (SSSR count). The van der Waals surface area contributed by atoms with Crippen LogP contribution in [-0.2, 0) is 0 Å². The summed E-state index contributed by atoms with van der Waals surface area (Å²) >= 11 is 0. The Labute approximate surface area is 95.5 Å². The van der Waals surface area contributed by atoms with E-state index in [4.69, 9.17) is 5.73 Å². The van der Waals surface area contributed by atoms with Gasteiger partial charge in [-0.1, -0.05) is 26.0 Å². The number of imidazole rings is 1. The number of hydrogen-bond acceptors (Lipinski definition) is 2. The monoisotopic (exact) mass is 225 g/mol. The maximum Gasteiger partial charge on any atom is 0.124 e. The number of rotatable bonds is 2. The molecule has 0 saturated carbocycles. The summed E-state index contributed by atoms with van der Waals surface area (Å²) in [6.07, 6.45) is 0. The lowest BCUT2D eigenvalue weighted by Gasteiger charge is -2.11. The van der Waals surface area contributed by atoms with Gasteiger partial charge in [-0.3, -0.25) is 0 Å². The number of nitrogens with two attached hydrogens (primary N) is 1. The van der Waals surface area contributed by atoms with Crippen molar-refractivity contribution in [3.8, 4) is 0 Å². The van der Waals surface area contributed by atoms with Crippen molar-refractivity contribution in [3.63, 3.8) is 0 Å². The molecule has 0 saturated heterocycles. The van der Waals surface area contributed by atoms with E-state index in [9.17, 15) is 0 Å². The summed E-state index contributed by atoms with van der Waals surface area (Å²) < 4.78 is 0. The van der Waals surface area contributed by atoms with Crippen molar-refractivity contribution >= 4 is 23.4 Å². The molecular formula is C11H16ClN3. The Hall–Kier alpha value is -1.06. The van der Waals surface area contributed by atoms with Crippen LogP contribution in [-0.4, -0.2) is 9.97 Å². The Morgan fingerprint density at radius 1 is 1.27 bits per heavy atom. The highest BCUT2D eigenvalue weighted by molar-refractivity contribution is 5.85. The van der Waals surface area contributed by atoms with Crippen LogP contribution in [0.3, 0.4) is 0 Å². The van der Waals surface area contributed by atoms with Crippen molar-refractivity contribution < 1.29 is 0 Å². The number of para-hydroxylation sites is 2. The maximum atomic E-state index is 6.01. The molecule has 3 N–H and O–H groups in total. The van der Waals surface area contributed by atoms with Crippen LogP contribution in [0.1, 0.15) is 25.7 Å². The summed E-state index contributed by atoms with van der Waals surface area (Å²) in [5.41, 5.74) is 8.05. The summed E-state index contributed by atoms with van der Waals surface area (Å²) in [5, 5.41) is 0. The van der Waals surface area contributed by atoms with E-state index in [0.29, 0.717) is 5.92 Å². The van der Waals surface area contributed by atoms with Crippen LogP contribution in [0.2, 0.25) is 0 Å². The fourth-order valence-electron chi connectivity index (χ4n) is 1.45. The summed E-state index contributed by atoms with van der Waals surface area (Å²) in [5.74, 6) is 1.27. The molecule has 1 aromatic heterocycles. The van der Waals surface area contributed by atoms with Crippen molar-refractivity contribution in [1.29, 1.82) is 0 Å². The summed E-state index contributed by atoms with van der Waals surface area (Å²) in [7, 11) is 0.